The first-order valence-corrected chi connectivity index (χ1v) is 7.83. The predicted octanol–water partition coefficient (Wildman–Crippen LogP) is 1.23. The molecule has 1 aliphatic rings. The first kappa shape index (κ1) is 15.2. The smallest absolute Gasteiger partial charge is 0.335 e. The van der Waals surface area contributed by atoms with Gasteiger partial charge in [-0.15, -0.1) is 0 Å². The molecule has 20 heavy (non-hydrogen) atoms. The van der Waals surface area contributed by atoms with E-state index < -0.39 is 21.5 Å². The van der Waals surface area contributed by atoms with Gasteiger partial charge in [-0.05, 0) is 37.5 Å². The molecule has 1 aromatic rings. The quantitative estimate of drug-likeness (QED) is 0.757. The molecule has 3 N–H and O–H groups in total. The summed E-state index contributed by atoms with van der Waals surface area (Å²) in [6.45, 7) is -0.303. The van der Waals surface area contributed by atoms with Gasteiger partial charge in [-0.2, -0.15) is 0 Å². The molecule has 0 spiro atoms. The van der Waals surface area contributed by atoms with Gasteiger partial charge in [-0.1, -0.05) is 11.6 Å². The van der Waals surface area contributed by atoms with Crippen LogP contribution in [0, 0.1) is 0 Å². The van der Waals surface area contributed by atoms with Gasteiger partial charge in [0.05, 0.1) is 22.7 Å². The summed E-state index contributed by atoms with van der Waals surface area (Å²) in [6.07, 6.45) is 1.91. The van der Waals surface area contributed by atoms with Crippen LogP contribution >= 0.6 is 11.6 Å². The molecular weight excluding hydrogens is 306 g/mol. The fraction of sp³-hybridized carbons (Fsp3) is 0.417. The fourth-order valence-electron chi connectivity index (χ4n) is 2.08. The normalized spacial score (nSPS) is 17.5. The maximum Gasteiger partial charge on any atom is 0.335 e. The molecule has 1 aliphatic carbocycles. The average Bonchev–Trinajstić information content (AvgIpc) is 2.34. The second kappa shape index (κ2) is 5.33. The third-order valence-electron chi connectivity index (χ3n) is 3.43. The van der Waals surface area contributed by atoms with E-state index in [0.29, 0.717) is 12.8 Å². The van der Waals surface area contributed by atoms with Crippen LogP contribution in [0.1, 0.15) is 29.6 Å². The van der Waals surface area contributed by atoms with E-state index in [1.165, 1.54) is 12.1 Å². The third kappa shape index (κ3) is 2.80. The van der Waals surface area contributed by atoms with Crippen molar-refractivity contribution in [3.63, 3.8) is 0 Å². The SMILES string of the molecule is O=C(O)c1ccc(Cl)c(S(=O)(=O)NC2(CO)CCC2)c1. The Bertz CT molecular complexity index is 634. The molecule has 0 aliphatic heterocycles. The highest BCUT2D eigenvalue weighted by atomic mass is 35.5. The molecule has 0 radical (unpaired) electrons. The number of aromatic carboxylic acids is 1. The van der Waals surface area contributed by atoms with Crippen LogP contribution in [0.2, 0.25) is 5.02 Å². The van der Waals surface area contributed by atoms with Crippen LogP contribution < -0.4 is 4.72 Å². The Labute approximate surface area is 121 Å². The minimum Gasteiger partial charge on any atom is -0.478 e. The first-order valence-electron chi connectivity index (χ1n) is 5.97. The number of hydrogen-bond donors (Lipinski definition) is 3. The van der Waals surface area contributed by atoms with Crippen molar-refractivity contribution in [2.45, 2.75) is 29.7 Å². The second-order valence-corrected chi connectivity index (χ2v) is 6.91. The molecule has 8 heteroatoms. The Hall–Kier alpha value is -1.15. The van der Waals surface area contributed by atoms with Gasteiger partial charge >= 0.3 is 5.97 Å². The largest absolute Gasteiger partial charge is 0.478 e. The Morgan fingerprint density at radius 2 is 2.05 bits per heavy atom. The van der Waals surface area contributed by atoms with Crippen LogP contribution in [0.25, 0.3) is 0 Å². The molecule has 0 heterocycles. The van der Waals surface area contributed by atoms with Crippen molar-refractivity contribution in [2.75, 3.05) is 6.61 Å². The fourth-order valence-corrected chi connectivity index (χ4v) is 4.06. The zero-order valence-electron chi connectivity index (χ0n) is 10.5. The molecule has 0 amide bonds. The monoisotopic (exact) mass is 319 g/mol. The zero-order chi connectivity index (χ0) is 15.0. The summed E-state index contributed by atoms with van der Waals surface area (Å²) in [6, 6.07) is 3.47. The van der Waals surface area contributed by atoms with Crippen molar-refractivity contribution in [1.29, 1.82) is 0 Å². The minimum absolute atomic E-state index is 0.0603. The molecule has 0 saturated heterocycles. The summed E-state index contributed by atoms with van der Waals surface area (Å²) in [5.74, 6) is -1.24. The van der Waals surface area contributed by atoms with E-state index in [-0.39, 0.29) is 22.1 Å². The van der Waals surface area contributed by atoms with E-state index in [9.17, 15) is 18.3 Å². The Kier molecular flexibility index (Phi) is 4.06. The summed E-state index contributed by atoms with van der Waals surface area (Å²) in [4.78, 5) is 10.6. The first-order chi connectivity index (χ1) is 9.30. The minimum atomic E-state index is -3.98. The highest BCUT2D eigenvalue weighted by molar-refractivity contribution is 7.89. The topological polar surface area (TPSA) is 104 Å². The maximum atomic E-state index is 12.3. The maximum absolute atomic E-state index is 12.3. The number of aliphatic hydroxyl groups excluding tert-OH is 1. The Morgan fingerprint density at radius 3 is 2.50 bits per heavy atom. The molecular formula is C12H14ClNO5S. The van der Waals surface area contributed by atoms with Crippen molar-refractivity contribution >= 4 is 27.6 Å². The molecule has 110 valence electrons. The van der Waals surface area contributed by atoms with E-state index in [4.69, 9.17) is 16.7 Å². The molecule has 2 rings (SSSR count). The van der Waals surface area contributed by atoms with Crippen molar-refractivity contribution in [2.24, 2.45) is 0 Å². The molecule has 1 fully saturated rings. The van der Waals surface area contributed by atoms with E-state index in [1.807, 2.05) is 0 Å². The van der Waals surface area contributed by atoms with Gasteiger partial charge in [0.25, 0.3) is 0 Å². The lowest BCUT2D eigenvalue weighted by atomic mass is 9.78. The molecule has 1 saturated carbocycles. The van der Waals surface area contributed by atoms with E-state index in [2.05, 4.69) is 4.72 Å². The number of hydrogen-bond acceptors (Lipinski definition) is 4. The summed E-state index contributed by atoms with van der Waals surface area (Å²) in [5.41, 5.74) is -1.03. The predicted molar refractivity (Wildman–Crippen MR) is 72.4 cm³/mol. The molecule has 6 nitrogen and oxygen atoms in total. The van der Waals surface area contributed by atoms with E-state index in [1.54, 1.807) is 0 Å². The number of rotatable bonds is 5. The van der Waals surface area contributed by atoms with Gasteiger partial charge in [0.2, 0.25) is 10.0 Å². The van der Waals surface area contributed by atoms with Crippen LogP contribution in [0.5, 0.6) is 0 Å². The van der Waals surface area contributed by atoms with Gasteiger partial charge in [-0.3, -0.25) is 0 Å². The lowest BCUT2D eigenvalue weighted by molar-refractivity contribution is 0.0696. The number of carbonyl (C=O) groups is 1. The van der Waals surface area contributed by atoms with Crippen LogP contribution in [-0.4, -0.2) is 36.7 Å². The highest BCUT2D eigenvalue weighted by Crippen LogP contribution is 2.34. The van der Waals surface area contributed by atoms with Gasteiger partial charge in [0.1, 0.15) is 4.90 Å². The number of carboxylic acids is 1. The van der Waals surface area contributed by atoms with Crippen molar-refractivity contribution in [1.82, 2.24) is 4.72 Å². The highest BCUT2D eigenvalue weighted by Gasteiger charge is 2.40. The van der Waals surface area contributed by atoms with Crippen molar-refractivity contribution in [3.8, 4) is 0 Å². The molecule has 0 atom stereocenters. The van der Waals surface area contributed by atoms with Crippen LogP contribution in [0.15, 0.2) is 23.1 Å². The van der Waals surface area contributed by atoms with Gasteiger partial charge < -0.3 is 10.2 Å². The van der Waals surface area contributed by atoms with Crippen LogP contribution in [0.4, 0.5) is 0 Å². The lowest BCUT2D eigenvalue weighted by Gasteiger charge is -2.40. The number of nitrogens with one attached hydrogen (secondary N) is 1. The van der Waals surface area contributed by atoms with Gasteiger partial charge in [0, 0.05) is 0 Å². The Balaban J connectivity index is 2.38. The lowest BCUT2D eigenvalue weighted by Crippen LogP contribution is -2.56. The van der Waals surface area contributed by atoms with Crippen LogP contribution in [0.3, 0.4) is 0 Å². The standard InChI is InChI=1S/C12H14ClNO5S/c13-9-3-2-8(11(16)17)6-10(9)20(18,19)14-12(7-15)4-1-5-12/h2-3,6,14-15H,1,4-5,7H2,(H,16,17). The summed E-state index contributed by atoms with van der Waals surface area (Å²) in [5, 5.41) is 18.1. The number of halogens is 1. The van der Waals surface area contributed by atoms with E-state index >= 15 is 0 Å². The van der Waals surface area contributed by atoms with Crippen molar-refractivity contribution in [3.05, 3.63) is 28.8 Å². The molecule has 1 aromatic carbocycles. The number of benzene rings is 1. The molecule has 0 unspecified atom stereocenters. The zero-order valence-corrected chi connectivity index (χ0v) is 12.0. The average molecular weight is 320 g/mol. The van der Waals surface area contributed by atoms with Crippen LogP contribution in [-0.2, 0) is 10.0 Å². The number of sulfonamides is 1. The van der Waals surface area contributed by atoms with Gasteiger partial charge in [0.15, 0.2) is 0 Å². The summed E-state index contributed by atoms with van der Waals surface area (Å²) < 4.78 is 27.0. The summed E-state index contributed by atoms with van der Waals surface area (Å²) in [7, 11) is -3.98. The van der Waals surface area contributed by atoms with Gasteiger partial charge in [-0.25, -0.2) is 17.9 Å². The Morgan fingerprint density at radius 1 is 1.40 bits per heavy atom. The molecule has 0 aromatic heterocycles. The van der Waals surface area contributed by atoms with Crippen molar-refractivity contribution < 1.29 is 23.4 Å². The summed E-state index contributed by atoms with van der Waals surface area (Å²) >= 11 is 5.84. The molecule has 0 bridgehead atoms. The second-order valence-electron chi connectivity index (χ2n) is 4.85. The van der Waals surface area contributed by atoms with E-state index in [0.717, 1.165) is 12.5 Å². The third-order valence-corrected chi connectivity index (χ3v) is 5.49. The number of aliphatic hydroxyl groups is 1. The number of carboxylic acid groups (broad SMARTS) is 1.